The molecule has 0 aliphatic carbocycles. The lowest BCUT2D eigenvalue weighted by Crippen LogP contribution is -2.44. The lowest BCUT2D eigenvalue weighted by atomic mass is 9.83. The molecule has 1 fully saturated rings. The molecule has 0 saturated carbocycles. The molecule has 0 unspecified atom stereocenters. The first-order chi connectivity index (χ1) is 14.1. The van der Waals surface area contributed by atoms with Crippen molar-refractivity contribution in [3.63, 3.8) is 0 Å². The zero-order valence-corrected chi connectivity index (χ0v) is 20.4. The summed E-state index contributed by atoms with van der Waals surface area (Å²) in [7, 11) is 0. The van der Waals surface area contributed by atoms with Crippen molar-refractivity contribution >= 4 is 28.6 Å². The predicted octanol–water partition coefficient (Wildman–Crippen LogP) is 5.31. The number of aliphatic carboxylic acids is 1. The highest BCUT2D eigenvalue weighted by Gasteiger charge is 2.29. The number of pyridine rings is 1. The maximum atomic E-state index is 11.8. The summed E-state index contributed by atoms with van der Waals surface area (Å²) in [5.41, 5.74) is 4.37. The van der Waals surface area contributed by atoms with Crippen molar-refractivity contribution in [1.82, 2.24) is 9.88 Å². The van der Waals surface area contributed by atoms with Gasteiger partial charge in [-0.15, -0.1) is 0 Å². The minimum absolute atomic E-state index is 0.00414. The number of likely N-dealkylation sites (tertiary alicyclic amines) is 1. The quantitative estimate of drug-likeness (QED) is 0.522. The smallest absolute Gasteiger partial charge is 0.320 e. The van der Waals surface area contributed by atoms with Crippen LogP contribution in [-0.4, -0.2) is 33.5 Å². The number of carboxylic acid groups (broad SMARTS) is 1. The first-order valence-corrected chi connectivity index (χ1v) is 11.6. The molecule has 0 amide bonds. The Balaban J connectivity index is 1.91. The molecular weight excluding hydrogens is 491 g/mol. The van der Waals surface area contributed by atoms with Gasteiger partial charge in [0.25, 0.3) is 0 Å². The fourth-order valence-electron chi connectivity index (χ4n) is 4.17. The highest BCUT2D eigenvalue weighted by Crippen LogP contribution is 2.34. The van der Waals surface area contributed by atoms with Crippen LogP contribution in [0.15, 0.2) is 30.5 Å². The number of nitrogens with zero attached hydrogens (tertiary/aromatic N) is 2. The van der Waals surface area contributed by atoms with Gasteiger partial charge >= 0.3 is 5.97 Å². The molecule has 1 saturated heterocycles. The zero-order chi connectivity index (χ0) is 21.9. The number of halogens is 1. The van der Waals surface area contributed by atoms with Gasteiger partial charge in [0, 0.05) is 21.9 Å². The lowest BCUT2D eigenvalue weighted by molar-refractivity contribution is -0.144. The summed E-state index contributed by atoms with van der Waals surface area (Å²) < 4.78 is 7.39. The summed E-state index contributed by atoms with van der Waals surface area (Å²) in [6, 6.07) is 7.86. The predicted molar refractivity (Wildman–Crippen MR) is 127 cm³/mol. The topological polar surface area (TPSA) is 62.7 Å². The third-order valence-electron chi connectivity index (χ3n) is 5.64. The van der Waals surface area contributed by atoms with E-state index >= 15 is 0 Å². The van der Waals surface area contributed by atoms with E-state index in [1.54, 1.807) is 6.20 Å². The molecule has 0 radical (unpaired) electrons. The maximum absolute atomic E-state index is 11.8. The Morgan fingerprint density at radius 3 is 2.73 bits per heavy atom. The van der Waals surface area contributed by atoms with Crippen LogP contribution in [0.4, 0.5) is 0 Å². The molecule has 1 aromatic carbocycles. The minimum atomic E-state index is -0.733. The molecule has 1 N–H and O–H groups in total. The Bertz CT molecular complexity index is 908. The first kappa shape index (κ1) is 23.0. The summed E-state index contributed by atoms with van der Waals surface area (Å²) in [4.78, 5) is 18.2. The van der Waals surface area contributed by atoms with Crippen LogP contribution in [0.2, 0.25) is 0 Å². The summed E-state index contributed by atoms with van der Waals surface area (Å²) in [5, 5.41) is 9.66. The number of aryl methyl sites for hydroxylation is 1. The van der Waals surface area contributed by atoms with Gasteiger partial charge in [0.15, 0.2) is 0 Å². The van der Waals surface area contributed by atoms with Gasteiger partial charge in [0.2, 0.25) is 0 Å². The first-order valence-electron chi connectivity index (χ1n) is 10.5. The number of piperidine rings is 1. The number of carboxylic acids is 1. The van der Waals surface area contributed by atoms with E-state index in [-0.39, 0.29) is 5.41 Å². The van der Waals surface area contributed by atoms with Crippen molar-refractivity contribution in [2.75, 3.05) is 6.54 Å². The van der Waals surface area contributed by atoms with Gasteiger partial charge in [-0.25, -0.2) is 0 Å². The molecule has 30 heavy (non-hydrogen) atoms. The van der Waals surface area contributed by atoms with Gasteiger partial charge < -0.3 is 9.84 Å². The van der Waals surface area contributed by atoms with Crippen molar-refractivity contribution in [3.05, 3.63) is 56.4 Å². The lowest BCUT2D eigenvalue weighted by Gasteiger charge is -2.33. The second kappa shape index (κ2) is 9.64. The summed E-state index contributed by atoms with van der Waals surface area (Å²) in [5.74, 6) is 0.0872. The van der Waals surface area contributed by atoms with Gasteiger partial charge in [-0.05, 0) is 83.6 Å². The van der Waals surface area contributed by atoms with Crippen molar-refractivity contribution in [2.24, 2.45) is 0 Å². The van der Waals surface area contributed by atoms with Gasteiger partial charge in [-0.1, -0.05) is 33.3 Å². The van der Waals surface area contributed by atoms with Crippen LogP contribution < -0.4 is 4.74 Å². The Labute approximate surface area is 193 Å². The molecule has 162 valence electrons. The van der Waals surface area contributed by atoms with E-state index in [0.29, 0.717) is 19.6 Å². The molecule has 1 aliphatic rings. The van der Waals surface area contributed by atoms with E-state index < -0.39 is 12.0 Å². The van der Waals surface area contributed by atoms with E-state index in [1.807, 2.05) is 12.1 Å². The number of hydrogen-bond acceptors (Lipinski definition) is 4. The molecule has 3 rings (SSSR count). The zero-order valence-electron chi connectivity index (χ0n) is 18.2. The number of hydrogen-bond donors (Lipinski definition) is 1. The fraction of sp³-hybridized carbons (Fsp3) is 0.500. The summed E-state index contributed by atoms with van der Waals surface area (Å²) >= 11 is 2.27. The summed E-state index contributed by atoms with van der Waals surface area (Å²) in [6.45, 7) is 10.5. The van der Waals surface area contributed by atoms with Gasteiger partial charge in [-0.2, -0.15) is 0 Å². The molecular formula is C24H31IN2O3. The number of benzene rings is 1. The Hall–Kier alpha value is -1.67. The van der Waals surface area contributed by atoms with Crippen LogP contribution in [0.3, 0.4) is 0 Å². The van der Waals surface area contributed by atoms with Crippen molar-refractivity contribution < 1.29 is 14.6 Å². The molecule has 0 spiro atoms. The SMILES string of the molecule is Cc1cc(CN2CCCC[C@H]2C(=O)O)c(OCc2cc(I)ccn2)cc1C(C)(C)C. The Morgan fingerprint density at radius 1 is 1.30 bits per heavy atom. The second-order valence-corrected chi connectivity index (χ2v) is 10.3. The third-order valence-corrected chi connectivity index (χ3v) is 6.31. The van der Waals surface area contributed by atoms with Gasteiger partial charge in [0.05, 0.1) is 5.69 Å². The van der Waals surface area contributed by atoms with E-state index in [4.69, 9.17) is 4.74 Å². The van der Waals surface area contributed by atoms with Crippen LogP contribution in [0.25, 0.3) is 0 Å². The average Bonchev–Trinajstić information content (AvgIpc) is 2.66. The Morgan fingerprint density at radius 2 is 2.07 bits per heavy atom. The highest BCUT2D eigenvalue weighted by atomic mass is 127. The number of rotatable bonds is 6. The van der Waals surface area contributed by atoms with E-state index in [0.717, 1.165) is 40.0 Å². The fourth-order valence-corrected chi connectivity index (χ4v) is 4.69. The van der Waals surface area contributed by atoms with Gasteiger partial charge in [-0.3, -0.25) is 14.7 Å². The monoisotopic (exact) mass is 522 g/mol. The minimum Gasteiger partial charge on any atom is -0.487 e. The van der Waals surface area contributed by atoms with Crippen LogP contribution in [0.5, 0.6) is 5.75 Å². The van der Waals surface area contributed by atoms with Crippen LogP contribution in [0.1, 0.15) is 62.4 Å². The maximum Gasteiger partial charge on any atom is 0.320 e. The normalized spacial score (nSPS) is 17.7. The molecule has 1 atom stereocenters. The standard InChI is InChI=1S/C24H31IN2O3/c1-16-11-17(14-27-10-6-5-7-21(27)23(28)29)22(13-20(16)24(2,3)4)30-15-19-12-18(25)8-9-26-19/h8-9,11-13,21H,5-7,10,14-15H2,1-4H3,(H,28,29)/t21-/m0/s1. The molecule has 1 aliphatic heterocycles. The third kappa shape index (κ3) is 5.72. The second-order valence-electron chi connectivity index (χ2n) is 9.10. The molecule has 2 heterocycles. The number of ether oxygens (including phenoxy) is 1. The Kier molecular flexibility index (Phi) is 7.39. The molecule has 1 aromatic heterocycles. The van der Waals surface area contributed by atoms with Crippen molar-refractivity contribution in [1.29, 1.82) is 0 Å². The molecule has 5 nitrogen and oxygen atoms in total. The van der Waals surface area contributed by atoms with Crippen LogP contribution >= 0.6 is 22.6 Å². The molecule has 2 aromatic rings. The van der Waals surface area contributed by atoms with E-state index in [2.05, 4.69) is 72.3 Å². The number of aromatic nitrogens is 1. The van der Waals surface area contributed by atoms with Crippen LogP contribution in [0, 0.1) is 10.5 Å². The summed E-state index contributed by atoms with van der Waals surface area (Å²) in [6.07, 6.45) is 4.50. The van der Waals surface area contributed by atoms with Gasteiger partial charge in [0.1, 0.15) is 18.4 Å². The average molecular weight is 522 g/mol. The molecule has 0 bridgehead atoms. The van der Waals surface area contributed by atoms with Crippen molar-refractivity contribution in [3.8, 4) is 5.75 Å². The van der Waals surface area contributed by atoms with E-state index in [1.165, 1.54) is 11.1 Å². The number of carbonyl (C=O) groups is 1. The van der Waals surface area contributed by atoms with E-state index in [9.17, 15) is 9.90 Å². The largest absolute Gasteiger partial charge is 0.487 e. The highest BCUT2D eigenvalue weighted by molar-refractivity contribution is 14.1. The van der Waals surface area contributed by atoms with Crippen LogP contribution in [-0.2, 0) is 23.4 Å². The van der Waals surface area contributed by atoms with Crippen molar-refractivity contribution in [2.45, 2.75) is 71.6 Å². The molecule has 6 heteroatoms.